The van der Waals surface area contributed by atoms with E-state index in [9.17, 15) is 24.9 Å². The second-order valence-electron chi connectivity index (χ2n) is 7.44. The number of hydrogen-bond acceptors (Lipinski definition) is 7. The molecule has 0 unspecified atom stereocenters. The van der Waals surface area contributed by atoms with Crippen LogP contribution in [0.3, 0.4) is 0 Å². The molecule has 7 nitrogen and oxygen atoms in total. The molecule has 3 N–H and O–H groups in total. The molecule has 0 spiro atoms. The zero-order chi connectivity index (χ0) is 22.9. The van der Waals surface area contributed by atoms with Crippen molar-refractivity contribution in [1.29, 1.82) is 0 Å². The molecule has 0 aromatic heterocycles. The van der Waals surface area contributed by atoms with Crippen LogP contribution in [0.4, 0.5) is 0 Å². The average Bonchev–Trinajstić information content (AvgIpc) is 3.02. The van der Waals surface area contributed by atoms with E-state index >= 15 is 0 Å². The van der Waals surface area contributed by atoms with E-state index in [1.54, 1.807) is 0 Å². The number of aliphatic hydroxyl groups is 3. The smallest absolute Gasteiger partial charge is 0.377 e. The molecular formula is C24H36O7. The van der Waals surface area contributed by atoms with E-state index in [2.05, 4.69) is 48.1 Å². The van der Waals surface area contributed by atoms with Crippen molar-refractivity contribution in [2.24, 2.45) is 0 Å². The second-order valence-corrected chi connectivity index (χ2v) is 7.44. The van der Waals surface area contributed by atoms with E-state index in [1.807, 2.05) is 0 Å². The largest absolute Gasteiger partial charge is 0.505 e. The minimum atomic E-state index is -1.44. The average molecular weight is 437 g/mol. The number of cyclic esters (lactones) is 1. The number of hydrogen-bond donors (Lipinski definition) is 3. The number of esters is 2. The van der Waals surface area contributed by atoms with E-state index in [0.717, 1.165) is 32.1 Å². The van der Waals surface area contributed by atoms with Crippen molar-refractivity contribution in [3.05, 3.63) is 48.0 Å². The zero-order valence-corrected chi connectivity index (χ0v) is 18.4. The van der Waals surface area contributed by atoms with Crippen molar-refractivity contribution in [2.75, 3.05) is 6.61 Å². The Morgan fingerprint density at radius 3 is 2.13 bits per heavy atom. The summed E-state index contributed by atoms with van der Waals surface area (Å²) in [4.78, 5) is 22.8. The highest BCUT2D eigenvalue weighted by molar-refractivity contribution is 5.89. The molecule has 1 aliphatic heterocycles. The van der Waals surface area contributed by atoms with Gasteiger partial charge >= 0.3 is 11.9 Å². The lowest BCUT2D eigenvalue weighted by Gasteiger charge is -2.17. The Bertz CT molecular complexity index is 661. The first-order valence-corrected chi connectivity index (χ1v) is 11.1. The third kappa shape index (κ3) is 11.4. The summed E-state index contributed by atoms with van der Waals surface area (Å²) in [5.41, 5.74) is 0. The molecule has 2 atom stereocenters. The lowest BCUT2D eigenvalue weighted by molar-refractivity contribution is -0.154. The maximum Gasteiger partial charge on any atom is 0.377 e. The van der Waals surface area contributed by atoms with Gasteiger partial charge in [-0.15, -0.1) is 0 Å². The van der Waals surface area contributed by atoms with Gasteiger partial charge in [0.2, 0.25) is 5.76 Å². The third-order valence-electron chi connectivity index (χ3n) is 4.72. The molecule has 0 aliphatic carbocycles. The van der Waals surface area contributed by atoms with Gasteiger partial charge < -0.3 is 24.8 Å². The van der Waals surface area contributed by atoms with Crippen molar-refractivity contribution >= 4 is 11.9 Å². The summed E-state index contributed by atoms with van der Waals surface area (Å²) in [5, 5.41) is 28.5. The van der Waals surface area contributed by atoms with Gasteiger partial charge in [0, 0.05) is 6.42 Å². The SMILES string of the molecule is CCCCC/C=C/C/C=C/C/C=C/CCCCC(=O)OC[C@H](O)[C@H]1OC(=O)C(O)=C1O. The van der Waals surface area contributed by atoms with Crippen LogP contribution in [0.5, 0.6) is 0 Å². The van der Waals surface area contributed by atoms with Gasteiger partial charge in [-0.3, -0.25) is 4.79 Å². The van der Waals surface area contributed by atoms with Crippen LogP contribution in [0.1, 0.15) is 71.1 Å². The van der Waals surface area contributed by atoms with Gasteiger partial charge in [-0.25, -0.2) is 4.79 Å². The van der Waals surface area contributed by atoms with Gasteiger partial charge in [0.25, 0.3) is 0 Å². The molecule has 0 radical (unpaired) electrons. The molecule has 1 heterocycles. The van der Waals surface area contributed by atoms with Crippen LogP contribution in [0, 0.1) is 0 Å². The number of carbonyl (C=O) groups excluding carboxylic acids is 2. The van der Waals surface area contributed by atoms with Crippen molar-refractivity contribution in [3.8, 4) is 0 Å². The molecule has 31 heavy (non-hydrogen) atoms. The van der Waals surface area contributed by atoms with Gasteiger partial charge in [-0.1, -0.05) is 56.2 Å². The molecular weight excluding hydrogens is 400 g/mol. The van der Waals surface area contributed by atoms with Crippen LogP contribution in [-0.2, 0) is 19.1 Å². The molecule has 1 rings (SSSR count). The van der Waals surface area contributed by atoms with E-state index in [-0.39, 0.29) is 6.42 Å². The second kappa shape index (κ2) is 16.2. The van der Waals surface area contributed by atoms with E-state index in [4.69, 9.17) is 4.74 Å². The van der Waals surface area contributed by atoms with Crippen molar-refractivity contribution in [1.82, 2.24) is 0 Å². The summed E-state index contributed by atoms with van der Waals surface area (Å²) < 4.78 is 9.53. The molecule has 0 fully saturated rings. The minimum absolute atomic E-state index is 0.211. The fraction of sp³-hybridized carbons (Fsp3) is 0.583. The molecule has 0 saturated heterocycles. The van der Waals surface area contributed by atoms with Gasteiger partial charge in [0.15, 0.2) is 11.9 Å². The summed E-state index contributed by atoms with van der Waals surface area (Å²) in [6.07, 6.45) is 19.5. The first-order valence-electron chi connectivity index (χ1n) is 11.1. The highest BCUT2D eigenvalue weighted by Crippen LogP contribution is 2.21. The van der Waals surface area contributed by atoms with Gasteiger partial charge in [0.05, 0.1) is 0 Å². The number of ether oxygens (including phenoxy) is 2. The van der Waals surface area contributed by atoms with Crippen LogP contribution in [0.15, 0.2) is 48.0 Å². The molecule has 7 heteroatoms. The van der Waals surface area contributed by atoms with E-state index in [0.29, 0.717) is 6.42 Å². The fourth-order valence-corrected chi connectivity index (χ4v) is 2.89. The van der Waals surface area contributed by atoms with Gasteiger partial charge in [-0.05, 0) is 44.9 Å². The molecule has 0 bridgehead atoms. The maximum atomic E-state index is 11.7. The summed E-state index contributed by atoms with van der Waals surface area (Å²) in [6.45, 7) is 1.77. The molecule has 0 amide bonds. The Kier molecular flexibility index (Phi) is 13.8. The van der Waals surface area contributed by atoms with Crippen LogP contribution >= 0.6 is 0 Å². The highest BCUT2D eigenvalue weighted by Gasteiger charge is 2.39. The molecule has 174 valence electrons. The predicted octanol–water partition coefficient (Wildman–Crippen LogP) is 4.73. The van der Waals surface area contributed by atoms with Crippen molar-refractivity contribution < 1.29 is 34.4 Å². The van der Waals surface area contributed by atoms with Crippen molar-refractivity contribution in [2.45, 2.75) is 83.3 Å². The Labute approximate surface area is 184 Å². The summed E-state index contributed by atoms with van der Waals surface area (Å²) >= 11 is 0. The number of rotatable bonds is 16. The number of carbonyl (C=O) groups is 2. The monoisotopic (exact) mass is 436 g/mol. The number of allylic oxidation sites excluding steroid dienone is 6. The summed E-state index contributed by atoms with van der Waals surface area (Å²) in [7, 11) is 0. The lowest BCUT2D eigenvalue weighted by atomic mass is 10.1. The quantitative estimate of drug-likeness (QED) is 0.182. The van der Waals surface area contributed by atoms with Crippen molar-refractivity contribution in [3.63, 3.8) is 0 Å². The molecule has 1 aliphatic rings. The number of unbranched alkanes of at least 4 members (excludes halogenated alkanes) is 5. The van der Waals surface area contributed by atoms with Gasteiger partial charge in [0.1, 0.15) is 12.7 Å². The first kappa shape index (κ1) is 26.5. The van der Waals surface area contributed by atoms with Crippen LogP contribution in [0.2, 0.25) is 0 Å². The van der Waals surface area contributed by atoms with Crippen LogP contribution < -0.4 is 0 Å². The number of aliphatic hydroxyl groups excluding tert-OH is 3. The normalized spacial score (nSPS) is 17.9. The predicted molar refractivity (Wildman–Crippen MR) is 118 cm³/mol. The minimum Gasteiger partial charge on any atom is -0.505 e. The highest BCUT2D eigenvalue weighted by atomic mass is 16.6. The molecule has 0 aromatic carbocycles. The zero-order valence-electron chi connectivity index (χ0n) is 18.4. The Morgan fingerprint density at radius 2 is 1.58 bits per heavy atom. The third-order valence-corrected chi connectivity index (χ3v) is 4.72. The van der Waals surface area contributed by atoms with Crippen LogP contribution in [0.25, 0.3) is 0 Å². The summed E-state index contributed by atoms with van der Waals surface area (Å²) in [5.74, 6) is -3.29. The Hall–Kier alpha value is -2.54. The molecule has 0 aromatic rings. The topological polar surface area (TPSA) is 113 Å². The van der Waals surface area contributed by atoms with Crippen LogP contribution in [-0.4, -0.2) is 46.1 Å². The van der Waals surface area contributed by atoms with E-state index in [1.165, 1.54) is 19.3 Å². The summed E-state index contributed by atoms with van der Waals surface area (Å²) in [6, 6.07) is 0. The maximum absolute atomic E-state index is 11.7. The van der Waals surface area contributed by atoms with E-state index < -0.39 is 42.3 Å². The Morgan fingerprint density at radius 1 is 1.00 bits per heavy atom. The standard InChI is InChI=1S/C24H36O7/c1-2-3-4-5-6-7-8-9-10-11-12-13-14-15-16-17-20(26)30-18-19(25)23-21(27)22(28)24(29)31-23/h6-7,9-10,12-13,19,23,25,27-28H,2-5,8,11,14-18H2,1H3/b7-6+,10-9+,13-12+/t19-,23+/m0/s1. The lowest BCUT2D eigenvalue weighted by Crippen LogP contribution is -2.33. The van der Waals surface area contributed by atoms with Gasteiger partial charge in [-0.2, -0.15) is 0 Å². The Balaban J connectivity index is 2.02. The fourth-order valence-electron chi connectivity index (χ4n) is 2.89. The molecule has 0 saturated carbocycles. The first-order chi connectivity index (χ1) is 15.0.